The van der Waals surface area contributed by atoms with Crippen LogP contribution in [0.25, 0.3) is 0 Å². The minimum absolute atomic E-state index is 0.0770. The number of carbonyl (C=O) groups excluding carboxylic acids is 3. The van der Waals surface area contributed by atoms with Crippen molar-refractivity contribution in [1.82, 2.24) is 20.0 Å². The molecule has 1 aromatic heterocycles. The molecule has 3 rings (SSSR count). The zero-order chi connectivity index (χ0) is 21.3. The summed E-state index contributed by atoms with van der Waals surface area (Å²) < 4.78 is 30.3. The third kappa shape index (κ3) is 4.03. The smallest absolute Gasteiger partial charge is 0.387 e. The minimum Gasteiger partial charge on any atom is -0.435 e. The first kappa shape index (κ1) is 20.2. The first-order chi connectivity index (χ1) is 13.6. The molecule has 0 radical (unpaired) electrons. The van der Waals surface area contributed by atoms with Gasteiger partial charge >= 0.3 is 12.6 Å². The van der Waals surface area contributed by atoms with E-state index in [0.717, 1.165) is 4.90 Å². The molecule has 1 saturated heterocycles. The number of nitrogens with one attached hydrogen (secondary N) is 2. The van der Waals surface area contributed by atoms with E-state index in [1.165, 1.54) is 35.9 Å². The summed E-state index contributed by atoms with van der Waals surface area (Å²) in [6.45, 7) is -0.229. The van der Waals surface area contributed by atoms with E-state index >= 15 is 0 Å². The first-order valence-electron chi connectivity index (χ1n) is 8.60. The van der Waals surface area contributed by atoms with Crippen LogP contribution in [0.5, 0.6) is 5.75 Å². The van der Waals surface area contributed by atoms with E-state index in [4.69, 9.17) is 0 Å². The molecule has 1 fully saturated rings. The van der Waals surface area contributed by atoms with Crippen molar-refractivity contribution in [2.45, 2.75) is 26.0 Å². The second kappa shape index (κ2) is 7.49. The van der Waals surface area contributed by atoms with Gasteiger partial charge in [0.15, 0.2) is 0 Å². The van der Waals surface area contributed by atoms with Crippen LogP contribution in [0.1, 0.15) is 18.2 Å². The lowest BCUT2D eigenvalue weighted by Gasteiger charge is -2.22. The number of anilines is 1. The quantitative estimate of drug-likeness (QED) is 0.710. The van der Waals surface area contributed by atoms with E-state index in [1.54, 1.807) is 20.0 Å². The molecule has 4 amide bonds. The number of rotatable bonds is 6. The van der Waals surface area contributed by atoms with Gasteiger partial charge in [-0.15, -0.1) is 0 Å². The van der Waals surface area contributed by atoms with E-state index in [1.807, 2.05) is 0 Å². The molecule has 9 nitrogen and oxygen atoms in total. The second-order valence-corrected chi connectivity index (χ2v) is 6.69. The standard InChI is InChI=1S/C18H19F2N5O4/c1-10-8-13(24(3)23-10)21-14(26)9-25-15(27)18(2,22-17(25)28)11-4-6-12(7-5-11)29-16(19)20/h4-8,16H,9H2,1-3H3,(H,21,26)(H,22,28). The van der Waals surface area contributed by atoms with Crippen molar-refractivity contribution in [2.24, 2.45) is 7.05 Å². The molecule has 1 atom stereocenters. The predicted molar refractivity (Wildman–Crippen MR) is 97.2 cm³/mol. The number of alkyl halides is 2. The van der Waals surface area contributed by atoms with Crippen molar-refractivity contribution in [1.29, 1.82) is 0 Å². The number of urea groups is 1. The van der Waals surface area contributed by atoms with Gasteiger partial charge in [0.1, 0.15) is 23.7 Å². The van der Waals surface area contributed by atoms with Gasteiger partial charge in [0.25, 0.3) is 5.91 Å². The number of ether oxygens (including phenoxy) is 1. The number of nitrogens with zero attached hydrogens (tertiary/aromatic N) is 3. The van der Waals surface area contributed by atoms with Crippen LogP contribution in [0.2, 0.25) is 0 Å². The van der Waals surface area contributed by atoms with Crippen LogP contribution < -0.4 is 15.4 Å². The van der Waals surface area contributed by atoms with Crippen molar-refractivity contribution in [3.8, 4) is 5.75 Å². The van der Waals surface area contributed by atoms with Crippen LogP contribution in [-0.2, 0) is 22.2 Å². The Bertz CT molecular complexity index is 960. The fourth-order valence-corrected chi connectivity index (χ4v) is 3.06. The lowest BCUT2D eigenvalue weighted by Crippen LogP contribution is -2.42. The zero-order valence-electron chi connectivity index (χ0n) is 15.9. The number of amides is 4. The number of benzene rings is 1. The Kier molecular flexibility index (Phi) is 5.23. The van der Waals surface area contributed by atoms with E-state index in [9.17, 15) is 23.2 Å². The van der Waals surface area contributed by atoms with Gasteiger partial charge in [-0.05, 0) is 31.5 Å². The minimum atomic E-state index is -2.97. The fraction of sp³-hybridized carbons (Fsp3) is 0.333. The number of carbonyl (C=O) groups is 3. The molecule has 0 saturated carbocycles. The number of imide groups is 1. The van der Waals surface area contributed by atoms with Gasteiger partial charge < -0.3 is 15.4 Å². The molecule has 2 heterocycles. The van der Waals surface area contributed by atoms with E-state index in [0.29, 0.717) is 17.1 Å². The largest absolute Gasteiger partial charge is 0.435 e. The summed E-state index contributed by atoms with van der Waals surface area (Å²) in [7, 11) is 1.65. The predicted octanol–water partition coefficient (Wildman–Crippen LogP) is 1.74. The number of hydrogen-bond donors (Lipinski definition) is 2. The Morgan fingerprint density at radius 1 is 1.31 bits per heavy atom. The maximum Gasteiger partial charge on any atom is 0.387 e. The molecular weight excluding hydrogens is 388 g/mol. The van der Waals surface area contributed by atoms with Crippen LogP contribution in [0.3, 0.4) is 0 Å². The van der Waals surface area contributed by atoms with Crippen molar-refractivity contribution in [2.75, 3.05) is 11.9 Å². The summed E-state index contributed by atoms with van der Waals surface area (Å²) in [5, 5.41) is 9.23. The summed E-state index contributed by atoms with van der Waals surface area (Å²) in [6, 6.07) is 6.26. The highest BCUT2D eigenvalue weighted by atomic mass is 19.3. The molecule has 29 heavy (non-hydrogen) atoms. The topological polar surface area (TPSA) is 106 Å². The molecule has 0 spiro atoms. The van der Waals surface area contributed by atoms with Crippen LogP contribution >= 0.6 is 0 Å². The van der Waals surface area contributed by atoms with Gasteiger partial charge in [0.05, 0.1) is 5.69 Å². The monoisotopic (exact) mass is 407 g/mol. The fourth-order valence-electron chi connectivity index (χ4n) is 3.06. The Morgan fingerprint density at radius 2 is 1.97 bits per heavy atom. The average Bonchev–Trinajstić information content (AvgIpc) is 3.05. The lowest BCUT2D eigenvalue weighted by atomic mass is 9.92. The van der Waals surface area contributed by atoms with Crippen molar-refractivity contribution in [3.05, 3.63) is 41.6 Å². The maximum atomic E-state index is 12.9. The average molecular weight is 407 g/mol. The SMILES string of the molecule is Cc1cc(NC(=O)CN2C(=O)NC(C)(c3ccc(OC(F)F)cc3)C2=O)n(C)n1. The number of hydrogen-bond acceptors (Lipinski definition) is 5. The Balaban J connectivity index is 1.72. The van der Waals surface area contributed by atoms with E-state index in [-0.39, 0.29) is 5.75 Å². The van der Waals surface area contributed by atoms with Crippen molar-refractivity contribution in [3.63, 3.8) is 0 Å². The Hall–Kier alpha value is -3.50. The lowest BCUT2D eigenvalue weighted by molar-refractivity contribution is -0.133. The number of aromatic nitrogens is 2. The van der Waals surface area contributed by atoms with Crippen molar-refractivity contribution < 1.29 is 27.9 Å². The molecular formula is C18H19F2N5O4. The van der Waals surface area contributed by atoms with Crippen LogP contribution in [-0.4, -0.2) is 45.7 Å². The number of halogens is 2. The molecule has 11 heteroatoms. The highest BCUT2D eigenvalue weighted by molar-refractivity contribution is 6.10. The van der Waals surface area contributed by atoms with Gasteiger partial charge in [-0.3, -0.25) is 19.2 Å². The molecule has 1 aromatic carbocycles. The van der Waals surface area contributed by atoms with Gasteiger partial charge in [0.2, 0.25) is 5.91 Å². The Morgan fingerprint density at radius 3 is 2.52 bits per heavy atom. The molecule has 2 N–H and O–H groups in total. The Labute approximate surface area is 164 Å². The van der Waals surface area contributed by atoms with Crippen LogP contribution in [0.4, 0.5) is 19.4 Å². The summed E-state index contributed by atoms with van der Waals surface area (Å²) in [5.74, 6) is -0.855. The normalized spacial score (nSPS) is 18.9. The van der Waals surface area contributed by atoms with E-state index in [2.05, 4.69) is 20.5 Å². The van der Waals surface area contributed by atoms with Gasteiger partial charge in [-0.25, -0.2) is 4.79 Å². The third-order valence-corrected chi connectivity index (χ3v) is 4.50. The summed E-state index contributed by atoms with van der Waals surface area (Å²) >= 11 is 0. The van der Waals surface area contributed by atoms with Crippen molar-refractivity contribution >= 4 is 23.7 Å². The third-order valence-electron chi connectivity index (χ3n) is 4.50. The highest BCUT2D eigenvalue weighted by Crippen LogP contribution is 2.30. The second-order valence-electron chi connectivity index (χ2n) is 6.69. The van der Waals surface area contributed by atoms with Gasteiger partial charge in [-0.2, -0.15) is 13.9 Å². The van der Waals surface area contributed by atoms with Gasteiger partial charge in [0, 0.05) is 13.1 Å². The molecule has 2 aromatic rings. The molecule has 1 aliphatic rings. The first-order valence-corrected chi connectivity index (χ1v) is 8.60. The number of aryl methyl sites for hydroxylation is 2. The highest BCUT2D eigenvalue weighted by Gasteiger charge is 2.49. The summed E-state index contributed by atoms with van der Waals surface area (Å²) in [4.78, 5) is 38.3. The van der Waals surface area contributed by atoms with E-state index < -0.39 is 36.5 Å². The summed E-state index contributed by atoms with van der Waals surface area (Å²) in [5.41, 5.74) is -0.378. The molecule has 154 valence electrons. The van der Waals surface area contributed by atoms with Crippen LogP contribution in [0.15, 0.2) is 30.3 Å². The van der Waals surface area contributed by atoms with Gasteiger partial charge in [-0.1, -0.05) is 12.1 Å². The van der Waals surface area contributed by atoms with Crippen LogP contribution in [0, 0.1) is 6.92 Å². The maximum absolute atomic E-state index is 12.9. The molecule has 1 unspecified atom stereocenters. The zero-order valence-corrected chi connectivity index (χ0v) is 15.9. The molecule has 0 bridgehead atoms. The molecule has 1 aliphatic heterocycles. The summed E-state index contributed by atoms with van der Waals surface area (Å²) in [6.07, 6.45) is 0. The molecule has 0 aliphatic carbocycles.